The maximum atomic E-state index is 12.5. The van der Waals surface area contributed by atoms with Crippen molar-refractivity contribution in [3.8, 4) is 0 Å². The Morgan fingerprint density at radius 2 is 2.27 bits per heavy atom. The SMILES string of the molecule is Cn1nccc1C(=O)N1CCC(Cc2nc(C3CC3)n[nH]2)C1. The van der Waals surface area contributed by atoms with Crippen molar-refractivity contribution < 1.29 is 4.79 Å². The lowest BCUT2D eigenvalue weighted by atomic mass is 10.1. The van der Waals surface area contributed by atoms with Crippen LogP contribution in [-0.4, -0.2) is 48.9 Å². The molecule has 3 heterocycles. The number of aromatic amines is 1. The smallest absolute Gasteiger partial charge is 0.272 e. The molecule has 0 bridgehead atoms. The van der Waals surface area contributed by atoms with Crippen LogP contribution in [0.25, 0.3) is 0 Å². The van der Waals surface area contributed by atoms with E-state index in [4.69, 9.17) is 0 Å². The fourth-order valence-electron chi connectivity index (χ4n) is 3.13. The number of aromatic nitrogens is 5. The summed E-state index contributed by atoms with van der Waals surface area (Å²) >= 11 is 0. The van der Waals surface area contributed by atoms with Crippen LogP contribution in [-0.2, 0) is 13.5 Å². The monoisotopic (exact) mass is 300 g/mol. The van der Waals surface area contributed by atoms with E-state index in [1.165, 1.54) is 12.8 Å². The Hall–Kier alpha value is -2.18. The number of rotatable bonds is 4. The van der Waals surface area contributed by atoms with Crippen molar-refractivity contribution in [3.63, 3.8) is 0 Å². The van der Waals surface area contributed by atoms with Gasteiger partial charge in [0.1, 0.15) is 11.5 Å². The number of hydrogen-bond acceptors (Lipinski definition) is 4. The zero-order valence-electron chi connectivity index (χ0n) is 12.7. The molecule has 2 fully saturated rings. The van der Waals surface area contributed by atoms with Crippen molar-refractivity contribution in [2.45, 2.75) is 31.6 Å². The fourth-order valence-corrected chi connectivity index (χ4v) is 3.13. The number of nitrogens with one attached hydrogen (secondary N) is 1. The number of aryl methyl sites for hydroxylation is 1. The molecule has 1 saturated heterocycles. The molecular weight excluding hydrogens is 280 g/mol. The highest BCUT2D eigenvalue weighted by atomic mass is 16.2. The van der Waals surface area contributed by atoms with Gasteiger partial charge in [-0.2, -0.15) is 10.2 Å². The fraction of sp³-hybridized carbons (Fsp3) is 0.600. The van der Waals surface area contributed by atoms with Crippen molar-refractivity contribution in [3.05, 3.63) is 29.6 Å². The first-order valence-electron chi connectivity index (χ1n) is 7.89. The van der Waals surface area contributed by atoms with Gasteiger partial charge in [0.15, 0.2) is 5.82 Å². The molecule has 1 aliphatic carbocycles. The Morgan fingerprint density at radius 1 is 1.41 bits per heavy atom. The predicted octanol–water partition coefficient (Wildman–Crippen LogP) is 1.12. The molecule has 0 radical (unpaired) electrons. The molecule has 22 heavy (non-hydrogen) atoms. The lowest BCUT2D eigenvalue weighted by Gasteiger charge is -2.16. The first kappa shape index (κ1) is 13.5. The molecular formula is C15H20N6O. The van der Waals surface area contributed by atoms with E-state index in [1.54, 1.807) is 24.0 Å². The van der Waals surface area contributed by atoms with Crippen molar-refractivity contribution in [2.24, 2.45) is 13.0 Å². The molecule has 1 aliphatic heterocycles. The van der Waals surface area contributed by atoms with E-state index in [1.807, 2.05) is 4.90 Å². The van der Waals surface area contributed by atoms with E-state index < -0.39 is 0 Å². The third-order valence-corrected chi connectivity index (χ3v) is 4.59. The second kappa shape index (κ2) is 5.23. The number of H-pyrrole nitrogens is 1. The van der Waals surface area contributed by atoms with E-state index in [-0.39, 0.29) is 5.91 Å². The van der Waals surface area contributed by atoms with Crippen LogP contribution in [0.5, 0.6) is 0 Å². The summed E-state index contributed by atoms with van der Waals surface area (Å²) in [6.45, 7) is 1.59. The van der Waals surface area contributed by atoms with Crippen LogP contribution in [0.4, 0.5) is 0 Å². The van der Waals surface area contributed by atoms with Crippen molar-refractivity contribution in [2.75, 3.05) is 13.1 Å². The topological polar surface area (TPSA) is 79.7 Å². The summed E-state index contributed by atoms with van der Waals surface area (Å²) in [6.07, 6.45) is 5.98. The molecule has 7 nitrogen and oxygen atoms in total. The summed E-state index contributed by atoms with van der Waals surface area (Å²) in [5.74, 6) is 3.03. The molecule has 1 unspecified atom stereocenters. The summed E-state index contributed by atoms with van der Waals surface area (Å²) in [5.41, 5.74) is 0.649. The highest BCUT2D eigenvalue weighted by molar-refractivity contribution is 5.92. The first-order chi connectivity index (χ1) is 10.7. The second-order valence-electron chi connectivity index (χ2n) is 6.36. The molecule has 7 heteroatoms. The van der Waals surface area contributed by atoms with E-state index in [2.05, 4.69) is 20.3 Å². The van der Waals surface area contributed by atoms with Gasteiger partial charge in [0.25, 0.3) is 5.91 Å². The number of hydrogen-bond donors (Lipinski definition) is 1. The molecule has 0 aromatic carbocycles. The van der Waals surface area contributed by atoms with Crippen LogP contribution >= 0.6 is 0 Å². The van der Waals surface area contributed by atoms with Crippen LogP contribution in [0.1, 0.15) is 47.3 Å². The minimum Gasteiger partial charge on any atom is -0.337 e. The first-order valence-corrected chi connectivity index (χ1v) is 7.89. The minimum absolute atomic E-state index is 0.0683. The molecule has 1 amide bonds. The molecule has 2 aliphatic rings. The number of carbonyl (C=O) groups excluding carboxylic acids is 1. The van der Waals surface area contributed by atoms with Gasteiger partial charge in [-0.25, -0.2) is 4.98 Å². The predicted molar refractivity (Wildman–Crippen MR) is 79.3 cm³/mol. The van der Waals surface area contributed by atoms with Gasteiger partial charge in [-0.3, -0.25) is 14.6 Å². The molecule has 4 rings (SSSR count). The van der Waals surface area contributed by atoms with Gasteiger partial charge in [-0.1, -0.05) is 0 Å². The summed E-state index contributed by atoms with van der Waals surface area (Å²) in [7, 11) is 1.80. The lowest BCUT2D eigenvalue weighted by molar-refractivity contribution is 0.0776. The van der Waals surface area contributed by atoms with Gasteiger partial charge >= 0.3 is 0 Å². The van der Waals surface area contributed by atoms with E-state index in [9.17, 15) is 4.79 Å². The molecule has 1 N–H and O–H groups in total. The molecule has 2 aromatic heterocycles. The Bertz CT molecular complexity index is 686. The number of amides is 1. The molecule has 2 aromatic rings. The summed E-state index contributed by atoms with van der Waals surface area (Å²) in [4.78, 5) is 19.0. The molecule has 1 atom stereocenters. The van der Waals surface area contributed by atoms with Gasteiger partial charge < -0.3 is 4.90 Å². The van der Waals surface area contributed by atoms with Gasteiger partial charge in [-0.05, 0) is 31.2 Å². The lowest BCUT2D eigenvalue weighted by Crippen LogP contribution is -2.30. The standard InChI is InChI=1S/C15H20N6O/c1-20-12(4-6-16-20)15(22)21-7-5-10(9-21)8-13-17-14(19-18-13)11-2-3-11/h4,6,10-11H,2-3,5,7-9H2,1H3,(H,17,18,19). The maximum absolute atomic E-state index is 12.5. The van der Waals surface area contributed by atoms with Crippen LogP contribution in [0.2, 0.25) is 0 Å². The highest BCUT2D eigenvalue weighted by Crippen LogP contribution is 2.37. The summed E-state index contributed by atoms with van der Waals surface area (Å²) < 4.78 is 1.63. The van der Waals surface area contributed by atoms with Crippen molar-refractivity contribution in [1.82, 2.24) is 29.9 Å². The third kappa shape index (κ3) is 2.51. The van der Waals surface area contributed by atoms with Gasteiger partial charge in [0, 0.05) is 38.7 Å². The number of likely N-dealkylation sites (tertiary alicyclic amines) is 1. The Morgan fingerprint density at radius 3 is 3.00 bits per heavy atom. The minimum atomic E-state index is 0.0683. The molecule has 1 saturated carbocycles. The average molecular weight is 300 g/mol. The van der Waals surface area contributed by atoms with E-state index >= 15 is 0 Å². The van der Waals surface area contributed by atoms with Crippen LogP contribution in [0.3, 0.4) is 0 Å². The normalized spacial score (nSPS) is 21.5. The largest absolute Gasteiger partial charge is 0.337 e. The van der Waals surface area contributed by atoms with Crippen LogP contribution < -0.4 is 0 Å². The average Bonchev–Trinajstić information content (AvgIpc) is 2.90. The van der Waals surface area contributed by atoms with Crippen LogP contribution in [0, 0.1) is 5.92 Å². The third-order valence-electron chi connectivity index (χ3n) is 4.59. The van der Waals surface area contributed by atoms with E-state index in [0.717, 1.165) is 37.6 Å². The van der Waals surface area contributed by atoms with Crippen molar-refractivity contribution in [1.29, 1.82) is 0 Å². The van der Waals surface area contributed by atoms with Crippen molar-refractivity contribution >= 4 is 5.91 Å². The highest BCUT2D eigenvalue weighted by Gasteiger charge is 2.31. The van der Waals surface area contributed by atoms with Gasteiger partial charge in [-0.15, -0.1) is 0 Å². The molecule has 116 valence electrons. The van der Waals surface area contributed by atoms with Gasteiger partial charge in [0.05, 0.1) is 0 Å². The quantitative estimate of drug-likeness (QED) is 0.917. The number of nitrogens with zero attached hydrogens (tertiary/aromatic N) is 5. The van der Waals surface area contributed by atoms with Gasteiger partial charge in [0.2, 0.25) is 0 Å². The van der Waals surface area contributed by atoms with Crippen LogP contribution in [0.15, 0.2) is 12.3 Å². The maximum Gasteiger partial charge on any atom is 0.272 e. The zero-order chi connectivity index (χ0) is 15.1. The summed E-state index contributed by atoms with van der Waals surface area (Å²) in [5, 5.41) is 11.4. The Labute approximate surface area is 128 Å². The number of carbonyl (C=O) groups is 1. The Balaban J connectivity index is 1.37. The summed E-state index contributed by atoms with van der Waals surface area (Å²) in [6, 6.07) is 1.77. The molecule has 0 spiro atoms. The second-order valence-corrected chi connectivity index (χ2v) is 6.36. The zero-order valence-corrected chi connectivity index (χ0v) is 12.7. The van der Waals surface area contributed by atoms with E-state index in [0.29, 0.717) is 17.5 Å². The Kier molecular flexibility index (Phi) is 3.20.